The molecule has 1 heterocycles. The molecule has 1 aromatic heterocycles. The highest BCUT2D eigenvalue weighted by Crippen LogP contribution is 2.24. The summed E-state index contributed by atoms with van der Waals surface area (Å²) < 4.78 is 0.791. The van der Waals surface area contributed by atoms with Crippen molar-refractivity contribution in [3.8, 4) is 0 Å². The van der Waals surface area contributed by atoms with Gasteiger partial charge in [0.05, 0.1) is 10.1 Å². The number of aliphatic hydroxyl groups is 1. The second kappa shape index (κ2) is 9.67. The summed E-state index contributed by atoms with van der Waals surface area (Å²) in [6.07, 6.45) is 2.69. The zero-order chi connectivity index (χ0) is 13.2. The third-order valence-electron chi connectivity index (χ3n) is 2.26. The fraction of sp³-hybridized carbons (Fsp3) is 0.583. The van der Waals surface area contributed by atoms with E-state index in [0.29, 0.717) is 12.3 Å². The molecule has 1 rings (SSSR count). The van der Waals surface area contributed by atoms with Crippen LogP contribution in [0.15, 0.2) is 12.1 Å². The van der Waals surface area contributed by atoms with E-state index in [1.807, 2.05) is 12.1 Å². The predicted molar refractivity (Wildman–Crippen MR) is 79.4 cm³/mol. The van der Waals surface area contributed by atoms with Gasteiger partial charge in [0.25, 0.3) is 0 Å². The third-order valence-corrected chi connectivity index (χ3v) is 4.66. The molecule has 2 N–H and O–H groups in total. The van der Waals surface area contributed by atoms with Gasteiger partial charge in [-0.15, -0.1) is 23.1 Å². The molecule has 0 fully saturated rings. The standard InChI is InChI=1S/C12H18ClNO2S2/c13-11-5-4-10(18-11)8-17-9-12(16)14-6-2-1-3-7-15/h4-5,15H,1-3,6-9H2,(H,14,16). The van der Waals surface area contributed by atoms with Crippen LogP contribution in [-0.4, -0.2) is 29.9 Å². The first-order valence-corrected chi connectivity index (χ1v) is 8.27. The largest absolute Gasteiger partial charge is 0.396 e. The smallest absolute Gasteiger partial charge is 0.230 e. The van der Waals surface area contributed by atoms with E-state index >= 15 is 0 Å². The van der Waals surface area contributed by atoms with E-state index < -0.39 is 0 Å². The summed E-state index contributed by atoms with van der Waals surface area (Å²) in [5.74, 6) is 1.39. The van der Waals surface area contributed by atoms with Crippen molar-refractivity contribution in [1.82, 2.24) is 5.32 Å². The Bertz CT molecular complexity index is 358. The molecule has 3 nitrogen and oxygen atoms in total. The van der Waals surface area contributed by atoms with Gasteiger partial charge in [-0.25, -0.2) is 0 Å². The maximum absolute atomic E-state index is 11.5. The second-order valence-corrected chi connectivity index (χ2v) is 6.62. The molecule has 1 aromatic rings. The molecule has 0 saturated heterocycles. The summed E-state index contributed by atoms with van der Waals surface area (Å²) in [5.41, 5.74) is 0. The predicted octanol–water partition coefficient (Wildman–Crippen LogP) is 2.91. The molecular formula is C12H18ClNO2S2. The fourth-order valence-electron chi connectivity index (χ4n) is 1.37. The van der Waals surface area contributed by atoms with Gasteiger partial charge in [-0.1, -0.05) is 11.6 Å². The monoisotopic (exact) mass is 307 g/mol. The van der Waals surface area contributed by atoms with Gasteiger partial charge in [-0.05, 0) is 31.4 Å². The van der Waals surface area contributed by atoms with E-state index in [1.54, 1.807) is 23.1 Å². The summed E-state index contributed by atoms with van der Waals surface area (Å²) in [4.78, 5) is 12.7. The minimum absolute atomic E-state index is 0.0756. The maximum Gasteiger partial charge on any atom is 0.230 e. The van der Waals surface area contributed by atoms with Crippen molar-refractivity contribution in [3.63, 3.8) is 0 Å². The molecule has 6 heteroatoms. The molecule has 0 unspecified atom stereocenters. The Hall–Kier alpha value is -0.230. The Morgan fingerprint density at radius 1 is 1.39 bits per heavy atom. The van der Waals surface area contributed by atoms with E-state index in [4.69, 9.17) is 16.7 Å². The zero-order valence-corrected chi connectivity index (χ0v) is 12.5. The second-order valence-electron chi connectivity index (χ2n) is 3.83. The number of thiophene rings is 1. The van der Waals surface area contributed by atoms with E-state index in [1.165, 1.54) is 4.88 Å². The average molecular weight is 308 g/mol. The lowest BCUT2D eigenvalue weighted by Crippen LogP contribution is -2.26. The molecule has 0 spiro atoms. The van der Waals surface area contributed by atoms with Crippen LogP contribution in [0.2, 0.25) is 4.34 Å². The van der Waals surface area contributed by atoms with Gasteiger partial charge in [-0.2, -0.15) is 0 Å². The fourth-order valence-corrected chi connectivity index (χ4v) is 3.42. The first-order valence-electron chi connectivity index (χ1n) is 5.92. The number of nitrogens with one attached hydrogen (secondary N) is 1. The van der Waals surface area contributed by atoms with Gasteiger partial charge in [-0.3, -0.25) is 4.79 Å². The number of carbonyl (C=O) groups excluding carboxylic acids is 1. The molecule has 0 aromatic carbocycles. The summed E-state index contributed by atoms with van der Waals surface area (Å²) in [6, 6.07) is 3.87. The van der Waals surface area contributed by atoms with E-state index in [0.717, 1.165) is 29.4 Å². The van der Waals surface area contributed by atoms with E-state index in [2.05, 4.69) is 5.32 Å². The molecule has 0 aliphatic carbocycles. The molecule has 0 saturated carbocycles. The van der Waals surface area contributed by atoms with E-state index in [-0.39, 0.29) is 12.5 Å². The number of halogens is 1. The molecular weight excluding hydrogens is 290 g/mol. The molecule has 102 valence electrons. The van der Waals surface area contributed by atoms with Crippen molar-refractivity contribution in [2.45, 2.75) is 25.0 Å². The molecule has 0 bridgehead atoms. The summed E-state index contributed by atoms with van der Waals surface area (Å²) >= 11 is 8.98. The van der Waals surface area contributed by atoms with Crippen molar-refractivity contribution in [1.29, 1.82) is 0 Å². The van der Waals surface area contributed by atoms with Crippen LogP contribution >= 0.6 is 34.7 Å². The number of thioether (sulfide) groups is 1. The number of hydrogen-bond donors (Lipinski definition) is 2. The average Bonchev–Trinajstić information content (AvgIpc) is 2.75. The molecule has 1 amide bonds. The Balaban J connectivity index is 2.00. The normalized spacial score (nSPS) is 10.6. The van der Waals surface area contributed by atoms with Crippen molar-refractivity contribution >= 4 is 40.6 Å². The van der Waals surface area contributed by atoms with Crippen LogP contribution in [0.25, 0.3) is 0 Å². The molecule has 0 radical (unpaired) electrons. The molecule has 0 aliphatic rings. The van der Waals surface area contributed by atoms with Crippen molar-refractivity contribution in [2.75, 3.05) is 18.9 Å². The number of aliphatic hydroxyl groups excluding tert-OH is 1. The SMILES string of the molecule is O=C(CSCc1ccc(Cl)s1)NCCCCCO. The van der Waals surface area contributed by atoms with Crippen LogP contribution in [0.5, 0.6) is 0 Å². The van der Waals surface area contributed by atoms with Crippen molar-refractivity contribution < 1.29 is 9.90 Å². The summed E-state index contributed by atoms with van der Waals surface area (Å²) in [7, 11) is 0. The molecule has 0 aliphatic heterocycles. The van der Waals surface area contributed by atoms with Crippen LogP contribution in [0.3, 0.4) is 0 Å². The lowest BCUT2D eigenvalue weighted by atomic mass is 10.2. The minimum atomic E-state index is 0.0756. The van der Waals surface area contributed by atoms with Gasteiger partial charge in [0.15, 0.2) is 0 Å². The lowest BCUT2D eigenvalue weighted by Gasteiger charge is -2.04. The van der Waals surface area contributed by atoms with Crippen LogP contribution in [0.4, 0.5) is 0 Å². The number of rotatable bonds is 9. The van der Waals surface area contributed by atoms with Crippen LogP contribution < -0.4 is 5.32 Å². The van der Waals surface area contributed by atoms with Crippen LogP contribution in [-0.2, 0) is 10.5 Å². The number of unbranched alkanes of at least 4 members (excludes halogenated alkanes) is 2. The van der Waals surface area contributed by atoms with Crippen molar-refractivity contribution in [2.24, 2.45) is 0 Å². The maximum atomic E-state index is 11.5. The Labute approximate surface area is 121 Å². The van der Waals surface area contributed by atoms with Gasteiger partial charge < -0.3 is 10.4 Å². The van der Waals surface area contributed by atoms with Crippen LogP contribution in [0.1, 0.15) is 24.1 Å². The van der Waals surface area contributed by atoms with Crippen molar-refractivity contribution in [3.05, 3.63) is 21.3 Å². The summed E-state index contributed by atoms with van der Waals surface area (Å²) in [5, 5.41) is 11.5. The Morgan fingerprint density at radius 2 is 2.22 bits per heavy atom. The van der Waals surface area contributed by atoms with Gasteiger partial charge in [0.1, 0.15) is 0 Å². The first-order chi connectivity index (χ1) is 8.72. The highest BCUT2D eigenvalue weighted by molar-refractivity contribution is 7.99. The molecule has 18 heavy (non-hydrogen) atoms. The van der Waals surface area contributed by atoms with Gasteiger partial charge >= 0.3 is 0 Å². The number of hydrogen-bond acceptors (Lipinski definition) is 4. The zero-order valence-electron chi connectivity index (χ0n) is 10.2. The number of carbonyl (C=O) groups is 1. The lowest BCUT2D eigenvalue weighted by molar-refractivity contribution is -0.118. The third kappa shape index (κ3) is 7.26. The first kappa shape index (κ1) is 15.8. The Kier molecular flexibility index (Phi) is 8.50. The molecule has 0 atom stereocenters. The summed E-state index contributed by atoms with van der Waals surface area (Å²) in [6.45, 7) is 0.928. The Morgan fingerprint density at radius 3 is 2.89 bits per heavy atom. The highest BCUT2D eigenvalue weighted by atomic mass is 35.5. The quantitative estimate of drug-likeness (QED) is 0.690. The number of amides is 1. The van der Waals surface area contributed by atoms with Gasteiger partial charge in [0, 0.05) is 23.8 Å². The minimum Gasteiger partial charge on any atom is -0.396 e. The highest BCUT2D eigenvalue weighted by Gasteiger charge is 2.03. The van der Waals surface area contributed by atoms with E-state index in [9.17, 15) is 4.79 Å². The van der Waals surface area contributed by atoms with Gasteiger partial charge in [0.2, 0.25) is 5.91 Å². The van der Waals surface area contributed by atoms with Crippen LogP contribution in [0, 0.1) is 0 Å². The topological polar surface area (TPSA) is 49.3 Å².